The van der Waals surface area contributed by atoms with Crippen molar-refractivity contribution in [2.75, 3.05) is 0 Å². The van der Waals surface area contributed by atoms with Gasteiger partial charge in [-0.2, -0.15) is 11.3 Å². The number of para-hydroxylation sites is 2. The SMILES string of the molecule is Cc1nc2ccccc2n(CC(=O)N(Cc2ccsc2)C2CCCC2)c1=O. The molecule has 0 aliphatic heterocycles. The average Bonchev–Trinajstić information content (AvgIpc) is 3.37. The van der Waals surface area contributed by atoms with Gasteiger partial charge in [0, 0.05) is 12.6 Å². The second-order valence-electron chi connectivity index (χ2n) is 7.17. The fraction of sp³-hybridized carbons (Fsp3) is 0.381. The number of thiophene rings is 1. The van der Waals surface area contributed by atoms with Crippen LogP contribution >= 0.6 is 11.3 Å². The first-order chi connectivity index (χ1) is 13.1. The number of benzene rings is 1. The number of carbonyl (C=O) groups is 1. The van der Waals surface area contributed by atoms with Gasteiger partial charge in [-0.3, -0.25) is 14.2 Å². The van der Waals surface area contributed by atoms with Crippen molar-refractivity contribution >= 4 is 28.3 Å². The molecule has 0 spiro atoms. The van der Waals surface area contributed by atoms with E-state index in [4.69, 9.17) is 0 Å². The number of nitrogens with zero attached hydrogens (tertiary/aromatic N) is 3. The molecule has 0 saturated heterocycles. The smallest absolute Gasteiger partial charge is 0.272 e. The van der Waals surface area contributed by atoms with Gasteiger partial charge in [0.1, 0.15) is 12.2 Å². The van der Waals surface area contributed by atoms with Crippen LogP contribution in [0.4, 0.5) is 0 Å². The Balaban J connectivity index is 1.67. The molecule has 4 rings (SSSR count). The standard InChI is InChI=1S/C21H23N3O2S/c1-15-21(26)24(19-9-5-4-8-18(19)22-15)13-20(25)23(17-6-2-3-7-17)12-16-10-11-27-14-16/h4-5,8-11,14,17H,2-3,6-7,12-13H2,1H3. The van der Waals surface area contributed by atoms with Crippen LogP contribution < -0.4 is 5.56 Å². The summed E-state index contributed by atoms with van der Waals surface area (Å²) in [5.74, 6) is 0.00551. The van der Waals surface area contributed by atoms with Crippen molar-refractivity contribution < 1.29 is 4.79 Å². The van der Waals surface area contributed by atoms with Gasteiger partial charge in [0.15, 0.2) is 0 Å². The maximum absolute atomic E-state index is 13.3. The van der Waals surface area contributed by atoms with E-state index in [0.29, 0.717) is 17.8 Å². The van der Waals surface area contributed by atoms with E-state index in [9.17, 15) is 9.59 Å². The Morgan fingerprint density at radius 1 is 1.26 bits per heavy atom. The minimum Gasteiger partial charge on any atom is -0.334 e. The molecule has 1 amide bonds. The molecule has 5 nitrogen and oxygen atoms in total. The molecule has 1 aliphatic carbocycles. The molecule has 1 saturated carbocycles. The molecule has 0 unspecified atom stereocenters. The third kappa shape index (κ3) is 3.67. The topological polar surface area (TPSA) is 55.2 Å². The molecule has 0 bridgehead atoms. The summed E-state index contributed by atoms with van der Waals surface area (Å²) in [6, 6.07) is 9.84. The number of hydrogen-bond acceptors (Lipinski definition) is 4. The van der Waals surface area contributed by atoms with Crippen molar-refractivity contribution in [1.82, 2.24) is 14.5 Å². The summed E-state index contributed by atoms with van der Waals surface area (Å²) in [5, 5.41) is 4.13. The van der Waals surface area contributed by atoms with Gasteiger partial charge in [0.2, 0.25) is 5.91 Å². The lowest BCUT2D eigenvalue weighted by atomic mass is 10.1. The van der Waals surface area contributed by atoms with Gasteiger partial charge in [-0.25, -0.2) is 4.98 Å². The summed E-state index contributed by atoms with van der Waals surface area (Å²) >= 11 is 1.64. The average molecular weight is 382 g/mol. The van der Waals surface area contributed by atoms with Crippen LogP contribution in [-0.2, 0) is 17.9 Å². The number of aromatic nitrogens is 2. The van der Waals surface area contributed by atoms with Crippen molar-refractivity contribution in [2.45, 2.75) is 51.7 Å². The zero-order valence-corrected chi connectivity index (χ0v) is 16.2. The molecule has 27 heavy (non-hydrogen) atoms. The van der Waals surface area contributed by atoms with Gasteiger partial charge in [-0.1, -0.05) is 25.0 Å². The summed E-state index contributed by atoms with van der Waals surface area (Å²) in [5.41, 5.74) is 2.84. The Labute approximate surface area is 162 Å². The van der Waals surface area contributed by atoms with Crippen molar-refractivity contribution in [1.29, 1.82) is 0 Å². The van der Waals surface area contributed by atoms with Gasteiger partial charge >= 0.3 is 0 Å². The van der Waals surface area contributed by atoms with E-state index < -0.39 is 0 Å². The largest absolute Gasteiger partial charge is 0.334 e. The number of aryl methyl sites for hydroxylation is 1. The number of rotatable bonds is 5. The highest BCUT2D eigenvalue weighted by atomic mass is 32.1. The highest BCUT2D eigenvalue weighted by molar-refractivity contribution is 7.07. The second kappa shape index (κ2) is 7.64. The van der Waals surface area contributed by atoms with E-state index in [1.807, 2.05) is 34.5 Å². The quantitative estimate of drug-likeness (QED) is 0.677. The first-order valence-corrected chi connectivity index (χ1v) is 10.3. The molecule has 0 N–H and O–H groups in total. The van der Waals surface area contributed by atoms with Crippen LogP contribution in [0, 0.1) is 6.92 Å². The number of fused-ring (bicyclic) bond motifs is 1. The lowest BCUT2D eigenvalue weighted by Crippen LogP contribution is -2.42. The Hall–Kier alpha value is -2.47. The van der Waals surface area contributed by atoms with Crippen LogP contribution in [0.2, 0.25) is 0 Å². The fourth-order valence-corrected chi connectivity index (χ4v) is 4.58. The molecular weight excluding hydrogens is 358 g/mol. The Kier molecular flexibility index (Phi) is 5.07. The normalized spacial score (nSPS) is 14.7. The number of carbonyl (C=O) groups excluding carboxylic acids is 1. The monoisotopic (exact) mass is 381 g/mol. The number of hydrogen-bond donors (Lipinski definition) is 0. The summed E-state index contributed by atoms with van der Waals surface area (Å²) in [4.78, 5) is 32.3. The molecular formula is C21H23N3O2S. The van der Waals surface area contributed by atoms with E-state index in [0.717, 1.165) is 36.8 Å². The molecule has 0 atom stereocenters. The molecule has 2 aromatic heterocycles. The minimum absolute atomic E-state index is 0.00551. The summed E-state index contributed by atoms with van der Waals surface area (Å²) in [6.45, 7) is 2.38. The maximum Gasteiger partial charge on any atom is 0.272 e. The third-order valence-corrected chi connectivity index (χ3v) is 6.06. The van der Waals surface area contributed by atoms with Gasteiger partial charge in [-0.05, 0) is 54.3 Å². The molecule has 1 aromatic carbocycles. The Bertz CT molecular complexity index is 1000. The molecule has 140 valence electrons. The predicted octanol–water partition coefficient (Wildman–Crippen LogP) is 3.74. The molecule has 2 heterocycles. The van der Waals surface area contributed by atoms with Crippen LogP contribution in [-0.4, -0.2) is 26.4 Å². The van der Waals surface area contributed by atoms with Crippen molar-refractivity contribution in [2.24, 2.45) is 0 Å². The van der Waals surface area contributed by atoms with Crippen molar-refractivity contribution in [3.8, 4) is 0 Å². The summed E-state index contributed by atoms with van der Waals surface area (Å²) in [7, 11) is 0. The van der Waals surface area contributed by atoms with E-state index in [1.54, 1.807) is 22.8 Å². The Morgan fingerprint density at radius 2 is 2.04 bits per heavy atom. The summed E-state index contributed by atoms with van der Waals surface area (Å²) in [6.07, 6.45) is 4.41. The van der Waals surface area contributed by atoms with E-state index in [1.165, 1.54) is 0 Å². The number of amides is 1. The first-order valence-electron chi connectivity index (χ1n) is 9.40. The van der Waals surface area contributed by atoms with E-state index >= 15 is 0 Å². The lowest BCUT2D eigenvalue weighted by Gasteiger charge is -2.29. The third-order valence-electron chi connectivity index (χ3n) is 5.33. The van der Waals surface area contributed by atoms with Crippen LogP contribution in [0.3, 0.4) is 0 Å². The van der Waals surface area contributed by atoms with Crippen LogP contribution in [0.5, 0.6) is 0 Å². The fourth-order valence-electron chi connectivity index (χ4n) is 3.92. The first kappa shape index (κ1) is 17.9. The maximum atomic E-state index is 13.3. The molecule has 3 aromatic rings. The van der Waals surface area contributed by atoms with Gasteiger partial charge < -0.3 is 4.90 Å². The van der Waals surface area contributed by atoms with Gasteiger partial charge in [0.25, 0.3) is 5.56 Å². The van der Waals surface area contributed by atoms with Crippen molar-refractivity contribution in [3.63, 3.8) is 0 Å². The van der Waals surface area contributed by atoms with Crippen LogP contribution in [0.25, 0.3) is 11.0 Å². The second-order valence-corrected chi connectivity index (χ2v) is 7.95. The van der Waals surface area contributed by atoms with Crippen molar-refractivity contribution in [3.05, 3.63) is 62.7 Å². The van der Waals surface area contributed by atoms with Crippen LogP contribution in [0.1, 0.15) is 36.9 Å². The highest BCUT2D eigenvalue weighted by Crippen LogP contribution is 2.26. The highest BCUT2D eigenvalue weighted by Gasteiger charge is 2.27. The van der Waals surface area contributed by atoms with E-state index in [2.05, 4.69) is 16.4 Å². The predicted molar refractivity (Wildman–Crippen MR) is 108 cm³/mol. The zero-order valence-electron chi connectivity index (χ0n) is 15.4. The molecule has 1 fully saturated rings. The molecule has 0 radical (unpaired) electrons. The van der Waals surface area contributed by atoms with Gasteiger partial charge in [-0.15, -0.1) is 0 Å². The summed E-state index contributed by atoms with van der Waals surface area (Å²) < 4.78 is 1.58. The van der Waals surface area contributed by atoms with Crippen LogP contribution in [0.15, 0.2) is 45.9 Å². The Morgan fingerprint density at radius 3 is 2.78 bits per heavy atom. The lowest BCUT2D eigenvalue weighted by molar-refractivity contribution is -0.134. The molecule has 6 heteroatoms. The molecule has 1 aliphatic rings. The minimum atomic E-state index is -0.191. The van der Waals surface area contributed by atoms with E-state index in [-0.39, 0.29) is 24.1 Å². The van der Waals surface area contributed by atoms with Gasteiger partial charge in [0.05, 0.1) is 11.0 Å². The zero-order chi connectivity index (χ0) is 18.8.